The van der Waals surface area contributed by atoms with Crippen LogP contribution in [0, 0.1) is 5.92 Å². The van der Waals surface area contributed by atoms with Gasteiger partial charge in [-0.2, -0.15) is 0 Å². The van der Waals surface area contributed by atoms with Gasteiger partial charge < -0.3 is 34.1 Å². The highest BCUT2D eigenvalue weighted by Crippen LogP contribution is 2.39. The fraction of sp³-hybridized carbons (Fsp3) is 0.640. The van der Waals surface area contributed by atoms with Crippen molar-refractivity contribution in [2.75, 3.05) is 69.4 Å². The first kappa shape index (κ1) is 26.6. The van der Waals surface area contributed by atoms with E-state index in [1.165, 1.54) is 0 Å². The first-order valence-electron chi connectivity index (χ1n) is 12.5. The van der Waals surface area contributed by atoms with Crippen LogP contribution in [-0.4, -0.2) is 81.9 Å². The summed E-state index contributed by atoms with van der Waals surface area (Å²) in [6.07, 6.45) is 1.79. The minimum Gasteiger partial charge on any atom is -0.492 e. The van der Waals surface area contributed by atoms with Gasteiger partial charge in [-0.25, -0.2) is 0 Å². The van der Waals surface area contributed by atoms with Crippen molar-refractivity contribution < 1.29 is 33.3 Å². The lowest BCUT2D eigenvalue weighted by Gasteiger charge is -2.31. The first-order chi connectivity index (χ1) is 17.0. The fourth-order valence-corrected chi connectivity index (χ4v) is 4.30. The molecule has 1 N–H and O–H groups in total. The van der Waals surface area contributed by atoms with Crippen molar-refractivity contribution in [1.82, 2.24) is 4.90 Å². The number of morpholine rings is 1. The summed E-state index contributed by atoms with van der Waals surface area (Å²) in [4.78, 5) is 41.0. The van der Waals surface area contributed by atoms with Gasteiger partial charge in [0.15, 0.2) is 6.61 Å². The Morgan fingerprint density at radius 2 is 1.74 bits per heavy atom. The van der Waals surface area contributed by atoms with E-state index in [1.54, 1.807) is 17.9 Å². The number of carbonyl (C=O) groups excluding carboxylic acids is 3. The Bertz CT molecular complexity index is 886. The molecule has 0 spiro atoms. The molecule has 1 aromatic rings. The molecule has 1 atom stereocenters. The number of likely N-dealkylation sites (tertiary alicyclic amines) is 1. The van der Waals surface area contributed by atoms with Crippen LogP contribution in [0.3, 0.4) is 0 Å². The molecule has 0 radical (unpaired) electrons. The van der Waals surface area contributed by atoms with Crippen molar-refractivity contribution in [1.29, 1.82) is 0 Å². The second kappa shape index (κ2) is 13.2. The molecule has 35 heavy (non-hydrogen) atoms. The number of amides is 2. The maximum atomic E-state index is 12.7. The molecule has 1 unspecified atom stereocenters. The average Bonchev–Trinajstić information content (AvgIpc) is 2.89. The molecule has 2 heterocycles. The number of piperidine rings is 1. The molecular weight excluding hydrogens is 454 g/mol. The molecule has 10 nitrogen and oxygen atoms in total. The zero-order valence-corrected chi connectivity index (χ0v) is 21.0. The van der Waals surface area contributed by atoms with Crippen LogP contribution in [0.15, 0.2) is 12.1 Å². The standard InChI is InChI=1S/C25H37N3O7/c1-4-24(30)28-9-7-8-18(16-28)25(31)35-17-23(29)26-19-14-22(34-6-3)20(15-21(19)33-5-2)27-10-12-32-13-11-27/h14-15,18H,4-13,16-17H2,1-3H3,(H,26,29). The van der Waals surface area contributed by atoms with E-state index in [9.17, 15) is 14.4 Å². The Kier molecular flexibility index (Phi) is 10.0. The fourth-order valence-electron chi connectivity index (χ4n) is 4.30. The molecule has 2 aliphatic heterocycles. The van der Waals surface area contributed by atoms with Crippen molar-refractivity contribution in [3.05, 3.63) is 12.1 Å². The van der Waals surface area contributed by atoms with Gasteiger partial charge in [0, 0.05) is 44.7 Å². The highest BCUT2D eigenvalue weighted by atomic mass is 16.5. The van der Waals surface area contributed by atoms with Crippen LogP contribution in [0.25, 0.3) is 0 Å². The minimum atomic E-state index is -0.474. The summed E-state index contributed by atoms with van der Waals surface area (Å²) in [6, 6.07) is 3.61. The van der Waals surface area contributed by atoms with E-state index in [0.29, 0.717) is 69.5 Å². The lowest BCUT2D eigenvalue weighted by Crippen LogP contribution is -2.42. The summed E-state index contributed by atoms with van der Waals surface area (Å²) in [5.41, 5.74) is 1.33. The molecule has 2 aliphatic rings. The number of nitrogens with one attached hydrogen (secondary N) is 1. The number of esters is 1. The van der Waals surface area contributed by atoms with Crippen LogP contribution in [0.4, 0.5) is 11.4 Å². The number of rotatable bonds is 10. The Balaban J connectivity index is 1.65. The van der Waals surface area contributed by atoms with E-state index in [4.69, 9.17) is 18.9 Å². The van der Waals surface area contributed by atoms with Crippen LogP contribution in [0.2, 0.25) is 0 Å². The number of carbonyl (C=O) groups is 3. The largest absolute Gasteiger partial charge is 0.492 e. The Morgan fingerprint density at radius 1 is 1.03 bits per heavy atom. The third-order valence-electron chi connectivity index (χ3n) is 6.04. The smallest absolute Gasteiger partial charge is 0.311 e. The average molecular weight is 492 g/mol. The second-order valence-electron chi connectivity index (χ2n) is 8.47. The van der Waals surface area contributed by atoms with Gasteiger partial charge in [0.2, 0.25) is 5.91 Å². The molecule has 2 fully saturated rings. The van der Waals surface area contributed by atoms with Crippen molar-refractivity contribution in [2.45, 2.75) is 40.0 Å². The monoisotopic (exact) mass is 491 g/mol. The number of nitrogens with zero attached hydrogens (tertiary/aromatic N) is 2. The topological polar surface area (TPSA) is 107 Å². The van der Waals surface area contributed by atoms with Crippen LogP contribution in [0.5, 0.6) is 11.5 Å². The molecule has 194 valence electrons. The summed E-state index contributed by atoms with van der Waals surface area (Å²) in [5.74, 6) is -0.182. The molecule has 10 heteroatoms. The molecule has 1 aromatic carbocycles. The van der Waals surface area contributed by atoms with Gasteiger partial charge in [-0.05, 0) is 26.7 Å². The molecule has 3 rings (SSSR count). The second-order valence-corrected chi connectivity index (χ2v) is 8.47. The van der Waals surface area contributed by atoms with Gasteiger partial charge in [0.25, 0.3) is 5.91 Å². The summed E-state index contributed by atoms with van der Waals surface area (Å²) < 4.78 is 22.4. The predicted molar refractivity (Wildman–Crippen MR) is 131 cm³/mol. The summed E-state index contributed by atoms with van der Waals surface area (Å²) in [5, 5.41) is 2.79. The van der Waals surface area contributed by atoms with Gasteiger partial charge in [-0.15, -0.1) is 0 Å². The van der Waals surface area contributed by atoms with E-state index in [-0.39, 0.29) is 5.91 Å². The Morgan fingerprint density at radius 3 is 2.43 bits per heavy atom. The Hall–Kier alpha value is -3.01. The van der Waals surface area contributed by atoms with Crippen molar-refractivity contribution in [3.8, 4) is 11.5 Å². The van der Waals surface area contributed by atoms with Gasteiger partial charge >= 0.3 is 5.97 Å². The van der Waals surface area contributed by atoms with Gasteiger partial charge in [0.05, 0.1) is 43.7 Å². The van der Waals surface area contributed by atoms with E-state index in [0.717, 1.165) is 25.2 Å². The van der Waals surface area contributed by atoms with Crippen molar-refractivity contribution >= 4 is 29.2 Å². The molecule has 2 amide bonds. The van der Waals surface area contributed by atoms with Gasteiger partial charge in [-0.1, -0.05) is 6.92 Å². The lowest BCUT2D eigenvalue weighted by atomic mass is 9.98. The highest BCUT2D eigenvalue weighted by Gasteiger charge is 2.29. The predicted octanol–water partition coefficient (Wildman–Crippen LogP) is 2.45. The summed E-state index contributed by atoms with van der Waals surface area (Å²) >= 11 is 0. The van der Waals surface area contributed by atoms with Crippen LogP contribution >= 0.6 is 0 Å². The van der Waals surface area contributed by atoms with Crippen LogP contribution < -0.4 is 19.7 Å². The molecule has 0 aromatic heterocycles. The van der Waals surface area contributed by atoms with Gasteiger partial charge in [-0.3, -0.25) is 14.4 Å². The van der Waals surface area contributed by atoms with E-state index in [2.05, 4.69) is 10.2 Å². The van der Waals surface area contributed by atoms with Crippen molar-refractivity contribution in [2.24, 2.45) is 5.92 Å². The van der Waals surface area contributed by atoms with Crippen LogP contribution in [0.1, 0.15) is 40.0 Å². The molecule has 0 saturated carbocycles. The molecule has 0 aliphatic carbocycles. The maximum Gasteiger partial charge on any atom is 0.311 e. The van der Waals surface area contributed by atoms with E-state index in [1.807, 2.05) is 19.9 Å². The third kappa shape index (κ3) is 7.24. The van der Waals surface area contributed by atoms with E-state index < -0.39 is 24.4 Å². The minimum absolute atomic E-state index is 0.0225. The van der Waals surface area contributed by atoms with E-state index >= 15 is 0 Å². The SMILES string of the molecule is CCOc1cc(N2CCOCC2)c(OCC)cc1NC(=O)COC(=O)C1CCCN(C(=O)CC)C1. The number of hydrogen-bond donors (Lipinski definition) is 1. The molecular formula is C25H37N3O7. The molecule has 0 bridgehead atoms. The summed E-state index contributed by atoms with van der Waals surface area (Å²) in [6.45, 7) is 9.75. The zero-order chi connectivity index (χ0) is 25.2. The number of anilines is 2. The Labute approximate surface area is 206 Å². The number of benzene rings is 1. The zero-order valence-electron chi connectivity index (χ0n) is 21.0. The highest BCUT2D eigenvalue weighted by molar-refractivity contribution is 5.95. The quantitative estimate of drug-likeness (QED) is 0.498. The normalized spacial score (nSPS) is 18.1. The van der Waals surface area contributed by atoms with Crippen LogP contribution in [-0.2, 0) is 23.9 Å². The number of hydrogen-bond acceptors (Lipinski definition) is 8. The van der Waals surface area contributed by atoms with Crippen molar-refractivity contribution in [3.63, 3.8) is 0 Å². The lowest BCUT2D eigenvalue weighted by molar-refractivity contribution is -0.154. The maximum absolute atomic E-state index is 12.7. The summed E-state index contributed by atoms with van der Waals surface area (Å²) in [7, 11) is 0. The first-order valence-corrected chi connectivity index (χ1v) is 12.5. The van der Waals surface area contributed by atoms with Gasteiger partial charge in [0.1, 0.15) is 11.5 Å². The molecule has 2 saturated heterocycles. The third-order valence-corrected chi connectivity index (χ3v) is 6.04. The number of ether oxygens (including phenoxy) is 4.